The molecule has 5 rings (SSSR count). The number of aryl methyl sites for hydroxylation is 1. The van der Waals surface area contributed by atoms with E-state index in [0.717, 1.165) is 67.3 Å². The average molecular weight is 577 g/mol. The Balaban J connectivity index is 1.44. The number of ether oxygens (including phenoxy) is 2. The van der Waals surface area contributed by atoms with Gasteiger partial charge in [-0.2, -0.15) is 18.7 Å². The van der Waals surface area contributed by atoms with Crippen LogP contribution in [0.2, 0.25) is 5.28 Å². The van der Waals surface area contributed by atoms with Gasteiger partial charge in [0.15, 0.2) is 17.0 Å². The lowest BCUT2D eigenvalue weighted by molar-refractivity contribution is -0.0498. The fraction of sp³-hybridized carbons (Fsp3) is 0.621. The summed E-state index contributed by atoms with van der Waals surface area (Å²) >= 11 is 6.52. The van der Waals surface area contributed by atoms with Crippen molar-refractivity contribution < 1.29 is 18.3 Å². The molecule has 218 valence electrons. The maximum absolute atomic E-state index is 12.7. The summed E-state index contributed by atoms with van der Waals surface area (Å²) in [6.45, 7) is 11.0. The van der Waals surface area contributed by atoms with Gasteiger partial charge in [-0.15, -0.1) is 0 Å². The van der Waals surface area contributed by atoms with Crippen molar-refractivity contribution >= 4 is 28.6 Å². The molecule has 2 aliphatic heterocycles. The minimum atomic E-state index is -2.84. The van der Waals surface area contributed by atoms with Crippen LogP contribution in [0.25, 0.3) is 11.2 Å². The molecule has 2 saturated heterocycles. The number of alkyl halides is 2. The summed E-state index contributed by atoms with van der Waals surface area (Å²) in [6.07, 6.45) is 3.20. The number of benzene rings is 1. The van der Waals surface area contributed by atoms with Crippen molar-refractivity contribution in [1.29, 1.82) is 0 Å². The van der Waals surface area contributed by atoms with Crippen LogP contribution in [0.15, 0.2) is 24.3 Å². The van der Waals surface area contributed by atoms with E-state index < -0.39 is 6.61 Å². The molecule has 2 fully saturated rings. The Bertz CT molecular complexity index is 1300. The molecule has 4 heterocycles. The molecular weight excluding hydrogens is 538 g/mol. The molecule has 2 aromatic heterocycles. The van der Waals surface area contributed by atoms with Crippen molar-refractivity contribution in [1.82, 2.24) is 24.4 Å². The van der Waals surface area contributed by atoms with Gasteiger partial charge >= 0.3 is 6.61 Å². The minimum absolute atomic E-state index is 0.122. The van der Waals surface area contributed by atoms with E-state index in [1.165, 1.54) is 0 Å². The maximum atomic E-state index is 12.7. The van der Waals surface area contributed by atoms with Crippen LogP contribution >= 0.6 is 11.6 Å². The number of aromatic nitrogens is 4. The minimum Gasteiger partial charge on any atom is -0.435 e. The molecule has 40 heavy (non-hydrogen) atoms. The molecule has 0 radical (unpaired) electrons. The van der Waals surface area contributed by atoms with Crippen LogP contribution in [-0.2, 0) is 11.3 Å². The van der Waals surface area contributed by atoms with Gasteiger partial charge < -0.3 is 18.9 Å². The molecule has 11 heteroatoms. The fourth-order valence-corrected chi connectivity index (χ4v) is 6.51. The zero-order valence-corrected chi connectivity index (χ0v) is 24.6. The second-order valence-corrected chi connectivity index (χ2v) is 11.6. The molecule has 0 aliphatic carbocycles. The van der Waals surface area contributed by atoms with E-state index in [4.69, 9.17) is 26.3 Å². The highest BCUT2D eigenvalue weighted by Gasteiger charge is 2.38. The van der Waals surface area contributed by atoms with Gasteiger partial charge in [0.05, 0.1) is 12.6 Å². The molecule has 0 spiro atoms. The number of imidazole rings is 1. The van der Waals surface area contributed by atoms with E-state index in [1.807, 2.05) is 19.1 Å². The van der Waals surface area contributed by atoms with Gasteiger partial charge in [-0.3, -0.25) is 4.90 Å². The highest BCUT2D eigenvalue weighted by Crippen LogP contribution is 2.37. The van der Waals surface area contributed by atoms with E-state index in [-0.39, 0.29) is 35.3 Å². The fourth-order valence-electron chi connectivity index (χ4n) is 6.35. The van der Waals surface area contributed by atoms with Gasteiger partial charge in [0.2, 0.25) is 5.28 Å². The Labute approximate surface area is 239 Å². The predicted octanol–water partition coefficient (Wildman–Crippen LogP) is 6.25. The van der Waals surface area contributed by atoms with Crippen LogP contribution in [0.5, 0.6) is 5.75 Å². The molecule has 8 nitrogen and oxygen atoms in total. The number of nitrogens with zero attached hydrogens (tertiary/aromatic N) is 6. The van der Waals surface area contributed by atoms with Gasteiger partial charge in [-0.25, -0.2) is 4.98 Å². The zero-order chi connectivity index (χ0) is 28.6. The van der Waals surface area contributed by atoms with Crippen molar-refractivity contribution in [3.63, 3.8) is 0 Å². The van der Waals surface area contributed by atoms with Crippen LogP contribution < -0.4 is 9.64 Å². The summed E-state index contributed by atoms with van der Waals surface area (Å²) in [6, 6.07) is 7.56. The Hall–Kier alpha value is -2.56. The van der Waals surface area contributed by atoms with E-state index in [1.54, 1.807) is 12.1 Å². The van der Waals surface area contributed by atoms with Gasteiger partial charge in [0, 0.05) is 37.8 Å². The Kier molecular flexibility index (Phi) is 8.78. The molecule has 0 saturated carbocycles. The first-order valence-corrected chi connectivity index (χ1v) is 14.6. The second-order valence-electron chi connectivity index (χ2n) is 11.3. The third-order valence-electron chi connectivity index (χ3n) is 8.21. The standard InChI is InChI=1S/C29H39ClF2N6O2/c1-6-21-15-36(18(4)14-38(21)25(17(2)3)20-9-11-22(12-10-20)40-29(31)32)26-24-27(35-28(30)34-26)37(19(5)33-24)16-23-8-7-13-39-23/h9-12,17-18,21,23,25,29H,6-8,13-16H2,1-5H3/t18-,21+,23-,25?/m0/s1. The normalized spacial score (nSPS) is 23.1. The van der Waals surface area contributed by atoms with Gasteiger partial charge in [0.1, 0.15) is 11.6 Å². The molecular formula is C29H39ClF2N6O2. The quantitative estimate of drug-likeness (QED) is 0.279. The average Bonchev–Trinajstić information content (AvgIpc) is 3.53. The first-order valence-electron chi connectivity index (χ1n) is 14.2. The maximum Gasteiger partial charge on any atom is 0.387 e. The highest BCUT2D eigenvalue weighted by molar-refractivity contribution is 6.28. The van der Waals surface area contributed by atoms with Gasteiger partial charge in [-0.1, -0.05) is 32.9 Å². The van der Waals surface area contributed by atoms with Crippen molar-refractivity contribution in [2.75, 3.05) is 24.6 Å². The largest absolute Gasteiger partial charge is 0.435 e. The molecule has 4 atom stereocenters. The number of piperazine rings is 1. The Morgan fingerprint density at radius 2 is 1.88 bits per heavy atom. The van der Waals surface area contributed by atoms with E-state index in [2.05, 4.69) is 51.8 Å². The summed E-state index contributed by atoms with van der Waals surface area (Å²) in [4.78, 5) is 19.1. The van der Waals surface area contributed by atoms with Crippen molar-refractivity contribution in [2.45, 2.75) is 91.3 Å². The molecule has 0 bridgehead atoms. The number of fused-ring (bicyclic) bond motifs is 1. The lowest BCUT2D eigenvalue weighted by Crippen LogP contribution is -2.59. The van der Waals surface area contributed by atoms with Crippen LogP contribution in [-0.4, -0.2) is 68.9 Å². The molecule has 2 aliphatic rings. The van der Waals surface area contributed by atoms with Crippen LogP contribution in [0.4, 0.5) is 14.6 Å². The third kappa shape index (κ3) is 5.90. The lowest BCUT2D eigenvalue weighted by atomic mass is 9.90. The van der Waals surface area contributed by atoms with E-state index in [0.29, 0.717) is 12.5 Å². The first-order chi connectivity index (χ1) is 19.2. The second kappa shape index (κ2) is 12.1. The number of anilines is 1. The van der Waals surface area contributed by atoms with Gasteiger partial charge in [-0.05, 0) is 68.3 Å². The van der Waals surface area contributed by atoms with E-state index >= 15 is 0 Å². The summed E-state index contributed by atoms with van der Waals surface area (Å²) in [5, 5.41) is 0.213. The zero-order valence-electron chi connectivity index (χ0n) is 23.9. The van der Waals surface area contributed by atoms with Crippen LogP contribution in [0.3, 0.4) is 0 Å². The summed E-state index contributed by atoms with van der Waals surface area (Å²) in [5.41, 5.74) is 2.61. The van der Waals surface area contributed by atoms with Crippen molar-refractivity contribution in [3.05, 3.63) is 40.9 Å². The first kappa shape index (κ1) is 29.0. The summed E-state index contributed by atoms with van der Waals surface area (Å²) < 4.78 is 37.9. The number of hydrogen-bond donors (Lipinski definition) is 0. The molecule has 1 aromatic carbocycles. The smallest absolute Gasteiger partial charge is 0.387 e. The van der Waals surface area contributed by atoms with E-state index in [9.17, 15) is 8.78 Å². The molecule has 1 unspecified atom stereocenters. The monoisotopic (exact) mass is 576 g/mol. The van der Waals surface area contributed by atoms with Gasteiger partial charge in [0.25, 0.3) is 0 Å². The highest BCUT2D eigenvalue weighted by atomic mass is 35.5. The third-order valence-corrected chi connectivity index (χ3v) is 8.38. The molecule has 0 amide bonds. The molecule has 3 aromatic rings. The number of halogens is 3. The van der Waals surface area contributed by atoms with Crippen molar-refractivity contribution in [2.24, 2.45) is 5.92 Å². The molecule has 0 N–H and O–H groups in total. The Morgan fingerprint density at radius 3 is 2.50 bits per heavy atom. The Morgan fingerprint density at radius 1 is 1.12 bits per heavy atom. The lowest BCUT2D eigenvalue weighted by Gasteiger charge is -2.50. The topological polar surface area (TPSA) is 68.5 Å². The summed E-state index contributed by atoms with van der Waals surface area (Å²) in [7, 11) is 0. The SMILES string of the molecule is CC[C@@H]1CN(c2nc(Cl)nc3c2nc(C)n3C[C@@H]2CCCO2)[C@@H](C)CN1C(c1ccc(OC(F)F)cc1)C(C)C. The number of rotatable bonds is 9. The summed E-state index contributed by atoms with van der Waals surface area (Å²) in [5.74, 6) is 2.13. The van der Waals surface area contributed by atoms with Crippen molar-refractivity contribution in [3.8, 4) is 5.75 Å². The van der Waals surface area contributed by atoms with Crippen LogP contribution in [0, 0.1) is 12.8 Å². The predicted molar refractivity (Wildman–Crippen MR) is 152 cm³/mol. The van der Waals surface area contributed by atoms with Crippen LogP contribution in [0.1, 0.15) is 64.4 Å². The number of hydrogen-bond acceptors (Lipinski definition) is 7.